The van der Waals surface area contributed by atoms with E-state index in [1.807, 2.05) is 18.2 Å². The van der Waals surface area contributed by atoms with Crippen molar-refractivity contribution in [3.05, 3.63) is 200 Å². The van der Waals surface area contributed by atoms with Gasteiger partial charge in [-0.3, -0.25) is 0 Å². The van der Waals surface area contributed by atoms with Crippen LogP contribution in [0.15, 0.2) is 200 Å². The zero-order valence-electron chi connectivity index (χ0n) is 33.3. The Kier molecular flexibility index (Phi) is 9.86. The van der Waals surface area contributed by atoms with Crippen LogP contribution in [0.5, 0.6) is 0 Å². The van der Waals surface area contributed by atoms with Gasteiger partial charge in [-0.25, -0.2) is 9.97 Å². The molecule has 6 heteroatoms. The van der Waals surface area contributed by atoms with E-state index in [1.54, 1.807) is 0 Å². The third-order valence-corrected chi connectivity index (χ3v) is 16.7. The highest BCUT2D eigenvalue weighted by Gasteiger charge is 2.52. The van der Waals surface area contributed by atoms with Crippen molar-refractivity contribution in [3.8, 4) is 45.0 Å². The molecule has 1 aliphatic heterocycles. The van der Waals surface area contributed by atoms with Gasteiger partial charge in [-0.05, 0) is 53.9 Å². The van der Waals surface area contributed by atoms with Crippen LogP contribution in [-0.4, -0.2) is 36.4 Å². The third-order valence-electron chi connectivity index (χ3n) is 11.9. The average molecular weight is 769 g/mol. The monoisotopic (exact) mass is 768 g/mol. The Morgan fingerprint density at radius 1 is 0.362 bits per heavy atom. The molecule has 0 atom stereocenters. The van der Waals surface area contributed by atoms with Gasteiger partial charge < -0.3 is 9.31 Å². The first-order valence-electron chi connectivity index (χ1n) is 20.0. The fraction of sp³-hybridized carbons (Fsp3) is 0.115. The van der Waals surface area contributed by atoms with Crippen molar-refractivity contribution in [1.29, 1.82) is 0 Å². The van der Waals surface area contributed by atoms with E-state index in [4.69, 9.17) is 19.3 Å². The Hall–Kier alpha value is -6.18. The van der Waals surface area contributed by atoms with Gasteiger partial charge in [0.1, 0.15) is 0 Å². The van der Waals surface area contributed by atoms with E-state index < -0.39 is 26.4 Å². The Morgan fingerprint density at radius 3 is 1.10 bits per heavy atom. The summed E-state index contributed by atoms with van der Waals surface area (Å²) < 4.78 is 13.0. The van der Waals surface area contributed by atoms with Crippen LogP contribution >= 0.6 is 0 Å². The first-order chi connectivity index (χ1) is 28.2. The van der Waals surface area contributed by atoms with Crippen LogP contribution in [0.25, 0.3) is 45.0 Å². The predicted octanol–water partition coefficient (Wildman–Crippen LogP) is 8.82. The fourth-order valence-electron chi connectivity index (χ4n) is 8.17. The predicted molar refractivity (Wildman–Crippen MR) is 243 cm³/mol. The summed E-state index contributed by atoms with van der Waals surface area (Å²) >= 11 is 0. The van der Waals surface area contributed by atoms with E-state index in [2.05, 4.69) is 210 Å². The van der Waals surface area contributed by atoms with E-state index in [0.29, 0.717) is 0 Å². The van der Waals surface area contributed by atoms with Crippen LogP contribution in [-0.2, 0) is 9.31 Å². The molecule has 282 valence electrons. The topological polar surface area (TPSA) is 44.2 Å². The van der Waals surface area contributed by atoms with Crippen LogP contribution in [0, 0.1) is 0 Å². The molecule has 1 fully saturated rings. The first-order valence-corrected chi connectivity index (χ1v) is 22.0. The van der Waals surface area contributed by atoms with Gasteiger partial charge in [0, 0.05) is 22.3 Å². The Balaban J connectivity index is 1.28. The number of hydrogen-bond donors (Lipinski definition) is 0. The molecule has 0 unspecified atom stereocenters. The molecule has 7 aromatic carbocycles. The molecular formula is C52H45BN2O2Si. The maximum Gasteiger partial charge on any atom is 0.494 e. The lowest BCUT2D eigenvalue weighted by atomic mass is 9.79. The lowest BCUT2D eigenvalue weighted by molar-refractivity contribution is 0.00578. The highest BCUT2D eigenvalue weighted by Crippen LogP contribution is 2.38. The minimum Gasteiger partial charge on any atom is -0.399 e. The van der Waals surface area contributed by atoms with Crippen LogP contribution in [0.2, 0.25) is 0 Å². The van der Waals surface area contributed by atoms with Gasteiger partial charge in [0.05, 0.1) is 34.0 Å². The smallest absolute Gasteiger partial charge is 0.399 e. The molecule has 0 amide bonds. The summed E-state index contributed by atoms with van der Waals surface area (Å²) in [6, 6.07) is 71.4. The molecular weight excluding hydrogens is 723 g/mol. The second-order valence-corrected chi connectivity index (χ2v) is 19.8. The van der Waals surface area contributed by atoms with Crippen LogP contribution < -0.4 is 26.2 Å². The Bertz CT molecular complexity index is 2600. The van der Waals surface area contributed by atoms with Crippen molar-refractivity contribution < 1.29 is 9.31 Å². The van der Waals surface area contributed by atoms with E-state index in [9.17, 15) is 0 Å². The molecule has 9 rings (SSSR count). The van der Waals surface area contributed by atoms with Gasteiger partial charge >= 0.3 is 7.12 Å². The van der Waals surface area contributed by atoms with E-state index in [0.717, 1.165) is 50.5 Å². The average Bonchev–Trinajstić information content (AvgIpc) is 3.51. The second-order valence-electron chi connectivity index (χ2n) is 16.0. The van der Waals surface area contributed by atoms with Gasteiger partial charge in [0.15, 0.2) is 8.07 Å². The van der Waals surface area contributed by atoms with Crippen molar-refractivity contribution in [1.82, 2.24) is 9.97 Å². The minimum atomic E-state index is -2.95. The summed E-state index contributed by atoms with van der Waals surface area (Å²) in [5.74, 6) is 0. The van der Waals surface area contributed by atoms with Gasteiger partial charge in [-0.15, -0.1) is 0 Å². The first kappa shape index (κ1) is 37.4. The van der Waals surface area contributed by atoms with Crippen molar-refractivity contribution >= 4 is 41.4 Å². The van der Waals surface area contributed by atoms with Crippen LogP contribution in [0.4, 0.5) is 0 Å². The fourth-order valence-corrected chi connectivity index (χ4v) is 12.9. The Morgan fingerprint density at radius 2 is 0.690 bits per heavy atom. The summed E-state index contributed by atoms with van der Waals surface area (Å²) in [7, 11) is -3.40. The summed E-state index contributed by atoms with van der Waals surface area (Å²) in [6.07, 6.45) is 0. The van der Waals surface area contributed by atoms with Crippen molar-refractivity contribution in [2.24, 2.45) is 0 Å². The minimum absolute atomic E-state index is 0.426. The molecule has 1 aromatic heterocycles. The zero-order valence-corrected chi connectivity index (χ0v) is 34.3. The second kappa shape index (κ2) is 15.3. The van der Waals surface area contributed by atoms with Crippen LogP contribution in [0.3, 0.4) is 0 Å². The highest BCUT2D eigenvalue weighted by molar-refractivity contribution is 7.20. The molecule has 1 aliphatic rings. The van der Waals surface area contributed by atoms with E-state index in [-0.39, 0.29) is 0 Å². The number of benzene rings is 7. The Labute approximate surface area is 343 Å². The normalized spacial score (nSPS) is 14.7. The number of rotatable bonds is 9. The third kappa shape index (κ3) is 6.73. The lowest BCUT2D eigenvalue weighted by Crippen LogP contribution is -2.74. The van der Waals surface area contributed by atoms with Crippen LogP contribution in [0.1, 0.15) is 27.7 Å². The largest absolute Gasteiger partial charge is 0.494 e. The summed E-state index contributed by atoms with van der Waals surface area (Å²) in [5.41, 5.74) is 7.61. The molecule has 1 saturated heterocycles. The molecule has 8 aromatic rings. The van der Waals surface area contributed by atoms with Gasteiger partial charge in [0.2, 0.25) is 0 Å². The summed E-state index contributed by atoms with van der Waals surface area (Å²) in [5, 5.41) is 5.10. The number of nitrogens with zero attached hydrogens (tertiary/aromatic N) is 2. The van der Waals surface area contributed by atoms with E-state index in [1.165, 1.54) is 20.7 Å². The molecule has 0 saturated carbocycles. The molecule has 0 aliphatic carbocycles. The zero-order chi connectivity index (χ0) is 39.7. The quantitative estimate of drug-likeness (QED) is 0.109. The summed E-state index contributed by atoms with van der Waals surface area (Å²) in [6.45, 7) is 8.40. The van der Waals surface area contributed by atoms with Crippen molar-refractivity contribution in [2.45, 2.75) is 38.9 Å². The number of aromatic nitrogens is 2. The van der Waals surface area contributed by atoms with Gasteiger partial charge in [-0.1, -0.05) is 200 Å². The molecule has 0 spiro atoms. The molecule has 0 bridgehead atoms. The van der Waals surface area contributed by atoms with Gasteiger partial charge in [-0.2, -0.15) is 0 Å². The van der Waals surface area contributed by atoms with Crippen molar-refractivity contribution in [2.75, 3.05) is 0 Å². The molecule has 0 radical (unpaired) electrons. The lowest BCUT2D eigenvalue weighted by Gasteiger charge is -2.35. The van der Waals surface area contributed by atoms with E-state index >= 15 is 0 Å². The standard InChI is InChI=1S/C52H45BN2O2Si/c1-51(2)52(3,4)57-53(56-51)42-33-35-45(36-34-42)58(43-28-16-8-17-29-43,44-30-18-9-19-31-44)46-32-20-27-41(37-46)50-49(40-25-14-7-15-26-40)54-47(38-21-10-5-11-22-38)48(55-50)39-23-12-6-13-24-39/h5-37H,1-4H3. The maximum absolute atomic E-state index is 6.50. The van der Waals surface area contributed by atoms with Crippen molar-refractivity contribution in [3.63, 3.8) is 0 Å². The number of hydrogen-bond acceptors (Lipinski definition) is 4. The molecule has 0 N–H and O–H groups in total. The molecule has 2 heterocycles. The maximum atomic E-state index is 6.50. The highest BCUT2D eigenvalue weighted by atomic mass is 28.3. The van der Waals surface area contributed by atoms with Gasteiger partial charge in [0.25, 0.3) is 0 Å². The molecule has 4 nitrogen and oxygen atoms in total. The molecule has 58 heavy (non-hydrogen) atoms. The SMILES string of the molecule is CC1(C)OB(c2ccc([Si](c3ccccc3)(c3ccccc3)c3cccc(-c4nc(-c5ccccc5)c(-c5ccccc5)nc4-c4ccccc4)c3)cc2)OC1(C)C. The summed E-state index contributed by atoms with van der Waals surface area (Å²) in [4.78, 5) is 11.1.